The minimum atomic E-state index is 0.0137. The molecule has 0 saturated heterocycles. The monoisotopic (exact) mass is 279 g/mol. The van der Waals surface area contributed by atoms with Gasteiger partial charge in [0.2, 0.25) is 0 Å². The zero-order valence-corrected chi connectivity index (χ0v) is 12.5. The van der Waals surface area contributed by atoms with Gasteiger partial charge in [0, 0.05) is 12.6 Å². The molecule has 21 heavy (non-hydrogen) atoms. The van der Waals surface area contributed by atoms with Crippen molar-refractivity contribution >= 4 is 5.78 Å². The predicted molar refractivity (Wildman–Crippen MR) is 84.4 cm³/mol. The molecule has 0 N–H and O–H groups in total. The van der Waals surface area contributed by atoms with Crippen LogP contribution in [-0.2, 0) is 17.6 Å². The van der Waals surface area contributed by atoms with E-state index in [2.05, 4.69) is 42.2 Å². The summed E-state index contributed by atoms with van der Waals surface area (Å²) in [5.74, 6) is 0.357. The number of pyridine rings is 1. The van der Waals surface area contributed by atoms with Gasteiger partial charge in [0.1, 0.15) is 5.78 Å². The molecule has 2 heteroatoms. The van der Waals surface area contributed by atoms with Crippen molar-refractivity contribution in [3.63, 3.8) is 0 Å². The summed E-state index contributed by atoms with van der Waals surface area (Å²) in [5, 5.41) is 0. The Hall–Kier alpha value is -1.96. The van der Waals surface area contributed by atoms with Crippen molar-refractivity contribution in [3.05, 3.63) is 65.0 Å². The molecule has 2 nitrogen and oxygen atoms in total. The molecule has 0 aliphatic heterocycles. The molecule has 1 aromatic heterocycles. The van der Waals surface area contributed by atoms with E-state index in [1.807, 2.05) is 12.3 Å². The lowest BCUT2D eigenvalue weighted by atomic mass is 9.82. The van der Waals surface area contributed by atoms with Crippen molar-refractivity contribution in [3.8, 4) is 0 Å². The highest BCUT2D eigenvalue weighted by Crippen LogP contribution is 2.31. The molecule has 2 aromatic rings. The first-order valence-corrected chi connectivity index (χ1v) is 7.76. The molecule has 0 amide bonds. The summed E-state index contributed by atoms with van der Waals surface area (Å²) < 4.78 is 0. The van der Waals surface area contributed by atoms with Crippen molar-refractivity contribution in [1.29, 1.82) is 0 Å². The lowest BCUT2D eigenvalue weighted by molar-refractivity contribution is -0.120. The van der Waals surface area contributed by atoms with E-state index in [4.69, 9.17) is 0 Å². The van der Waals surface area contributed by atoms with Crippen LogP contribution in [0.15, 0.2) is 42.6 Å². The zero-order chi connectivity index (χ0) is 14.7. The second kappa shape index (κ2) is 6.21. The fraction of sp³-hybridized carbons (Fsp3) is 0.368. The van der Waals surface area contributed by atoms with Gasteiger partial charge in [-0.05, 0) is 49.8 Å². The molecule has 3 rings (SSSR count). The third-order valence-corrected chi connectivity index (χ3v) is 4.33. The fourth-order valence-electron chi connectivity index (χ4n) is 3.23. The van der Waals surface area contributed by atoms with Gasteiger partial charge < -0.3 is 0 Å². The van der Waals surface area contributed by atoms with Crippen LogP contribution in [0.1, 0.15) is 47.6 Å². The summed E-state index contributed by atoms with van der Waals surface area (Å²) >= 11 is 0. The van der Waals surface area contributed by atoms with Crippen molar-refractivity contribution in [2.75, 3.05) is 0 Å². The van der Waals surface area contributed by atoms with Gasteiger partial charge in [0.15, 0.2) is 0 Å². The van der Waals surface area contributed by atoms with Crippen molar-refractivity contribution in [1.82, 2.24) is 4.98 Å². The Morgan fingerprint density at radius 1 is 1.29 bits per heavy atom. The lowest BCUT2D eigenvalue weighted by Crippen LogP contribution is -2.20. The summed E-state index contributed by atoms with van der Waals surface area (Å²) in [6, 6.07) is 12.5. The number of carbonyl (C=O) groups is 1. The van der Waals surface area contributed by atoms with Crippen LogP contribution in [-0.4, -0.2) is 10.8 Å². The average Bonchev–Trinajstić information content (AvgIpc) is 2.52. The van der Waals surface area contributed by atoms with Crippen molar-refractivity contribution in [2.24, 2.45) is 0 Å². The van der Waals surface area contributed by atoms with Crippen molar-refractivity contribution < 1.29 is 4.79 Å². The van der Waals surface area contributed by atoms with Gasteiger partial charge in [-0.2, -0.15) is 0 Å². The molecular formula is C19H21NO. The van der Waals surface area contributed by atoms with Crippen LogP contribution in [0, 0.1) is 6.92 Å². The minimum absolute atomic E-state index is 0.0137. The smallest absolute Gasteiger partial charge is 0.142 e. The largest absolute Gasteiger partial charge is 0.299 e. The van der Waals surface area contributed by atoms with E-state index < -0.39 is 0 Å². The van der Waals surface area contributed by atoms with Crippen LogP contribution in [0.25, 0.3) is 0 Å². The standard InChI is InChI=1S/C19H21NO/c1-14-5-2-6-15(13-14)10-11-18(21)17-9-3-7-16-8-4-12-20-19(16)17/h2,4-6,8,12-13,17H,3,7,9-11H2,1H3. The Kier molecular flexibility index (Phi) is 4.14. The van der Waals surface area contributed by atoms with Gasteiger partial charge in [-0.25, -0.2) is 0 Å². The normalized spacial score (nSPS) is 17.3. The molecule has 1 aliphatic carbocycles. The maximum Gasteiger partial charge on any atom is 0.142 e. The first-order valence-electron chi connectivity index (χ1n) is 7.76. The molecule has 0 fully saturated rings. The highest BCUT2D eigenvalue weighted by atomic mass is 16.1. The number of benzene rings is 1. The number of ketones is 1. The van der Waals surface area contributed by atoms with Crippen LogP contribution in [0.2, 0.25) is 0 Å². The number of Topliss-reactive ketones (excluding diaryl/α,β-unsaturated/α-hetero) is 1. The van der Waals surface area contributed by atoms with E-state index in [9.17, 15) is 4.79 Å². The SMILES string of the molecule is Cc1cccc(CCC(=O)C2CCCc3cccnc32)c1. The summed E-state index contributed by atoms with van der Waals surface area (Å²) in [5.41, 5.74) is 4.79. The molecule has 1 unspecified atom stereocenters. The third-order valence-electron chi connectivity index (χ3n) is 4.33. The van der Waals surface area contributed by atoms with Gasteiger partial charge in [0.05, 0.1) is 11.6 Å². The number of hydrogen-bond donors (Lipinski definition) is 0. The van der Waals surface area contributed by atoms with E-state index >= 15 is 0 Å². The number of carbonyl (C=O) groups excluding carboxylic acids is 1. The molecular weight excluding hydrogens is 258 g/mol. The topological polar surface area (TPSA) is 30.0 Å². The summed E-state index contributed by atoms with van der Waals surface area (Å²) in [6.07, 6.45) is 6.37. The maximum atomic E-state index is 12.6. The summed E-state index contributed by atoms with van der Waals surface area (Å²) in [6.45, 7) is 2.09. The van der Waals surface area contributed by atoms with E-state index in [1.165, 1.54) is 16.7 Å². The third kappa shape index (κ3) is 3.21. The zero-order valence-electron chi connectivity index (χ0n) is 12.5. The van der Waals surface area contributed by atoms with Gasteiger partial charge >= 0.3 is 0 Å². The first kappa shape index (κ1) is 14.0. The highest BCUT2D eigenvalue weighted by Gasteiger charge is 2.26. The molecule has 0 bridgehead atoms. The van der Waals surface area contributed by atoms with Crippen LogP contribution in [0.5, 0.6) is 0 Å². The first-order chi connectivity index (χ1) is 10.2. The summed E-state index contributed by atoms with van der Waals surface area (Å²) in [4.78, 5) is 17.0. The fourth-order valence-corrected chi connectivity index (χ4v) is 3.23. The Morgan fingerprint density at radius 2 is 2.19 bits per heavy atom. The number of aryl methyl sites for hydroxylation is 3. The average molecular weight is 279 g/mol. The number of rotatable bonds is 4. The van der Waals surface area contributed by atoms with Crippen LogP contribution < -0.4 is 0 Å². The number of fused-ring (bicyclic) bond motifs is 1. The Bertz CT molecular complexity index is 648. The van der Waals surface area contributed by atoms with E-state index in [1.54, 1.807) is 0 Å². The molecule has 108 valence electrons. The number of nitrogens with zero attached hydrogens (tertiary/aromatic N) is 1. The van der Waals surface area contributed by atoms with Crippen LogP contribution in [0.3, 0.4) is 0 Å². The maximum absolute atomic E-state index is 12.6. The second-order valence-corrected chi connectivity index (χ2v) is 5.95. The molecule has 1 aromatic carbocycles. The van der Waals surface area contributed by atoms with Crippen LogP contribution in [0.4, 0.5) is 0 Å². The lowest BCUT2D eigenvalue weighted by Gasteiger charge is -2.23. The Labute approximate surface area is 126 Å². The number of hydrogen-bond acceptors (Lipinski definition) is 2. The minimum Gasteiger partial charge on any atom is -0.299 e. The quantitative estimate of drug-likeness (QED) is 0.846. The molecule has 1 aliphatic rings. The molecule has 0 spiro atoms. The molecule has 0 saturated carbocycles. The number of aromatic nitrogens is 1. The van der Waals surface area contributed by atoms with E-state index in [0.717, 1.165) is 31.4 Å². The van der Waals surface area contributed by atoms with Gasteiger partial charge in [0.25, 0.3) is 0 Å². The highest BCUT2D eigenvalue weighted by molar-refractivity contribution is 5.86. The van der Waals surface area contributed by atoms with Gasteiger partial charge in [-0.1, -0.05) is 35.9 Å². The molecule has 1 heterocycles. The van der Waals surface area contributed by atoms with Gasteiger partial charge in [-0.3, -0.25) is 9.78 Å². The van der Waals surface area contributed by atoms with E-state index in [0.29, 0.717) is 12.2 Å². The summed E-state index contributed by atoms with van der Waals surface area (Å²) in [7, 11) is 0. The molecule has 0 radical (unpaired) electrons. The Morgan fingerprint density at radius 3 is 3.05 bits per heavy atom. The van der Waals surface area contributed by atoms with Crippen molar-refractivity contribution in [2.45, 2.75) is 44.9 Å². The Balaban J connectivity index is 1.69. The van der Waals surface area contributed by atoms with Crippen LogP contribution >= 0.6 is 0 Å². The predicted octanol–water partition coefficient (Wildman–Crippen LogP) is 4.01. The molecule has 1 atom stereocenters. The second-order valence-electron chi connectivity index (χ2n) is 5.95. The van der Waals surface area contributed by atoms with Gasteiger partial charge in [-0.15, -0.1) is 0 Å². The van der Waals surface area contributed by atoms with E-state index in [-0.39, 0.29) is 5.92 Å².